The largest absolute Gasteiger partial charge is 0.483 e. The molecule has 1 aliphatic carbocycles. The van der Waals surface area contributed by atoms with E-state index in [1.165, 1.54) is 0 Å². The van der Waals surface area contributed by atoms with Gasteiger partial charge in [0.15, 0.2) is 5.41 Å². The van der Waals surface area contributed by atoms with Crippen molar-refractivity contribution in [3.63, 3.8) is 0 Å². The van der Waals surface area contributed by atoms with E-state index in [-0.39, 0.29) is 0 Å². The van der Waals surface area contributed by atoms with Crippen LogP contribution >= 0.6 is 0 Å². The number of ether oxygens (including phenoxy) is 2. The van der Waals surface area contributed by atoms with E-state index in [0.29, 0.717) is 12.4 Å². The van der Waals surface area contributed by atoms with Crippen molar-refractivity contribution in [3.05, 3.63) is 35.4 Å². The van der Waals surface area contributed by atoms with E-state index in [2.05, 4.69) is 11.1 Å². The summed E-state index contributed by atoms with van der Waals surface area (Å²) in [5, 5.41) is 9.89. The summed E-state index contributed by atoms with van der Waals surface area (Å²) in [6, 6.07) is 10.5. The van der Waals surface area contributed by atoms with Crippen molar-refractivity contribution < 1.29 is 9.47 Å². The Morgan fingerprint density at radius 2 is 1.95 bits per heavy atom. The molecule has 0 N–H and O–H groups in total. The first-order valence-corrected chi connectivity index (χ1v) is 6.67. The Morgan fingerprint density at radius 1 is 1.25 bits per heavy atom. The Bertz CT molecular complexity index is 644. The molecule has 1 fully saturated rings. The number of aliphatic imine (C=N–C) groups is 1. The summed E-state index contributed by atoms with van der Waals surface area (Å²) in [6.07, 6.45) is 0. The van der Waals surface area contributed by atoms with Gasteiger partial charge in [0.25, 0.3) is 0 Å². The summed E-state index contributed by atoms with van der Waals surface area (Å²) in [7, 11) is 3.24. The molecule has 0 bridgehead atoms. The molecule has 20 heavy (non-hydrogen) atoms. The van der Waals surface area contributed by atoms with Crippen molar-refractivity contribution in [1.29, 1.82) is 5.26 Å². The molecule has 1 aliphatic heterocycles. The molecular weight excluding hydrogens is 252 g/mol. The van der Waals surface area contributed by atoms with E-state index >= 15 is 0 Å². The average Bonchev–Trinajstić information content (AvgIpc) is 2.96. The molecule has 0 amide bonds. The van der Waals surface area contributed by atoms with Crippen LogP contribution in [0, 0.1) is 22.2 Å². The van der Waals surface area contributed by atoms with Gasteiger partial charge in [-0.05, 0) is 11.1 Å². The summed E-state index contributed by atoms with van der Waals surface area (Å²) in [5.41, 5.74) is 0.179. The van der Waals surface area contributed by atoms with Gasteiger partial charge in [-0.15, -0.1) is 0 Å². The number of hydrogen-bond donors (Lipinski definition) is 0. The quantitative estimate of drug-likeness (QED) is 0.788. The predicted molar refractivity (Wildman–Crippen MR) is 75.1 cm³/mol. The minimum atomic E-state index is -0.865. The maximum atomic E-state index is 9.89. The van der Waals surface area contributed by atoms with Gasteiger partial charge in [0.1, 0.15) is 5.60 Å². The van der Waals surface area contributed by atoms with Crippen LogP contribution in [0.25, 0.3) is 0 Å². The highest BCUT2D eigenvalue weighted by molar-refractivity contribution is 5.94. The van der Waals surface area contributed by atoms with Crippen LogP contribution in [-0.4, -0.2) is 20.1 Å². The van der Waals surface area contributed by atoms with Crippen LogP contribution in [0.1, 0.15) is 25.0 Å². The lowest BCUT2D eigenvalue weighted by atomic mass is 9.94. The Morgan fingerprint density at radius 3 is 2.55 bits per heavy atom. The zero-order valence-corrected chi connectivity index (χ0v) is 12.2. The summed E-state index contributed by atoms with van der Waals surface area (Å²) in [4.78, 5) is 4.53. The first-order chi connectivity index (χ1) is 9.53. The summed E-state index contributed by atoms with van der Waals surface area (Å²) in [6.45, 7) is 4.59. The molecule has 4 heteroatoms. The van der Waals surface area contributed by atoms with Gasteiger partial charge in [0.2, 0.25) is 5.90 Å². The van der Waals surface area contributed by atoms with Crippen LogP contribution < -0.4 is 0 Å². The highest BCUT2D eigenvalue weighted by Crippen LogP contribution is 2.79. The third kappa shape index (κ3) is 1.06. The number of nitriles is 1. The van der Waals surface area contributed by atoms with Crippen LogP contribution in [0.4, 0.5) is 0 Å². The minimum absolute atomic E-state index is 0.394. The monoisotopic (exact) mass is 270 g/mol. The Labute approximate surface area is 119 Å². The van der Waals surface area contributed by atoms with Gasteiger partial charge in [-0.2, -0.15) is 5.26 Å². The molecule has 0 radical (unpaired) electrons. The Kier molecular flexibility index (Phi) is 2.52. The van der Waals surface area contributed by atoms with Crippen molar-refractivity contribution in [1.82, 2.24) is 0 Å². The molecule has 104 valence electrons. The third-order valence-electron chi connectivity index (χ3n) is 5.06. The van der Waals surface area contributed by atoms with Crippen molar-refractivity contribution in [2.75, 3.05) is 14.2 Å². The fourth-order valence-corrected chi connectivity index (χ4v) is 4.07. The standard InChI is InChI=1S/C16H18N2O2/c1-14(2)15(10-17)13(19-3)18-9-11-7-5-6-8-12(11)16(14,15)20-4/h5-8H,9H2,1-4H3/t15-,16-/m1/s1. The van der Waals surface area contributed by atoms with Crippen molar-refractivity contribution >= 4 is 5.90 Å². The lowest BCUT2D eigenvalue weighted by Crippen LogP contribution is -2.27. The molecule has 1 saturated carbocycles. The summed E-state index contributed by atoms with van der Waals surface area (Å²) in [5.74, 6) is 0.475. The number of methoxy groups -OCH3 is 2. The van der Waals surface area contributed by atoms with E-state index in [1.807, 2.05) is 38.1 Å². The van der Waals surface area contributed by atoms with E-state index in [0.717, 1.165) is 11.1 Å². The first-order valence-electron chi connectivity index (χ1n) is 6.67. The Balaban J connectivity index is 2.36. The average molecular weight is 270 g/mol. The van der Waals surface area contributed by atoms with Crippen LogP contribution in [0.15, 0.2) is 29.3 Å². The lowest BCUT2D eigenvalue weighted by Gasteiger charge is -2.21. The fourth-order valence-electron chi connectivity index (χ4n) is 4.07. The highest BCUT2D eigenvalue weighted by atomic mass is 16.5. The fraction of sp³-hybridized carbons (Fsp3) is 0.500. The molecular formula is C16H18N2O2. The number of fused-ring (bicyclic) bond motifs is 3. The molecule has 0 unspecified atom stereocenters. The molecule has 1 aromatic carbocycles. The van der Waals surface area contributed by atoms with Crippen molar-refractivity contribution in [2.24, 2.45) is 15.8 Å². The number of benzene rings is 1. The smallest absolute Gasteiger partial charge is 0.208 e. The maximum Gasteiger partial charge on any atom is 0.208 e. The van der Waals surface area contributed by atoms with Gasteiger partial charge >= 0.3 is 0 Å². The van der Waals surface area contributed by atoms with Crippen LogP contribution in [-0.2, 0) is 21.6 Å². The lowest BCUT2D eigenvalue weighted by molar-refractivity contribution is 0.0360. The molecule has 1 heterocycles. The molecule has 3 rings (SSSR count). The zero-order valence-electron chi connectivity index (χ0n) is 12.2. The molecule has 0 spiro atoms. The second-order valence-corrected chi connectivity index (χ2v) is 5.85. The summed E-state index contributed by atoms with van der Waals surface area (Å²) < 4.78 is 11.4. The van der Waals surface area contributed by atoms with Crippen LogP contribution in [0.3, 0.4) is 0 Å². The molecule has 1 aromatic rings. The summed E-state index contributed by atoms with van der Waals surface area (Å²) >= 11 is 0. The van der Waals surface area contributed by atoms with E-state index in [1.54, 1.807) is 14.2 Å². The minimum Gasteiger partial charge on any atom is -0.483 e. The topological polar surface area (TPSA) is 54.6 Å². The van der Waals surface area contributed by atoms with Crippen molar-refractivity contribution in [3.8, 4) is 6.07 Å². The number of nitrogens with zero attached hydrogens (tertiary/aromatic N) is 2. The highest BCUT2D eigenvalue weighted by Gasteiger charge is 2.89. The second kappa shape index (κ2) is 3.83. The predicted octanol–water partition coefficient (Wildman–Crippen LogP) is 2.64. The molecule has 0 aromatic heterocycles. The van der Waals surface area contributed by atoms with Gasteiger partial charge in [-0.1, -0.05) is 38.1 Å². The zero-order chi connectivity index (χ0) is 14.6. The van der Waals surface area contributed by atoms with E-state index in [4.69, 9.17) is 9.47 Å². The molecule has 2 aliphatic rings. The second-order valence-electron chi connectivity index (χ2n) is 5.85. The van der Waals surface area contributed by atoms with Gasteiger partial charge < -0.3 is 9.47 Å². The van der Waals surface area contributed by atoms with E-state index in [9.17, 15) is 5.26 Å². The normalized spacial score (nSPS) is 33.0. The number of hydrogen-bond acceptors (Lipinski definition) is 4. The SMILES string of the molecule is COC1=NCc2ccccc2[C@@]2(OC)C(C)(C)[C@@]12C#N. The van der Waals surface area contributed by atoms with Gasteiger partial charge in [0.05, 0.1) is 19.7 Å². The van der Waals surface area contributed by atoms with Crippen LogP contribution in [0.5, 0.6) is 0 Å². The first kappa shape index (κ1) is 13.1. The van der Waals surface area contributed by atoms with Crippen LogP contribution in [0.2, 0.25) is 0 Å². The van der Waals surface area contributed by atoms with Crippen molar-refractivity contribution in [2.45, 2.75) is 26.0 Å². The number of rotatable bonds is 1. The molecule has 4 nitrogen and oxygen atoms in total. The van der Waals surface area contributed by atoms with E-state index < -0.39 is 16.4 Å². The third-order valence-corrected chi connectivity index (χ3v) is 5.06. The Hall–Kier alpha value is -1.86. The van der Waals surface area contributed by atoms with Gasteiger partial charge in [-0.3, -0.25) is 0 Å². The molecule has 2 atom stereocenters. The maximum absolute atomic E-state index is 9.89. The molecule has 0 saturated heterocycles. The van der Waals surface area contributed by atoms with Gasteiger partial charge in [0, 0.05) is 12.5 Å². The van der Waals surface area contributed by atoms with Gasteiger partial charge in [-0.25, -0.2) is 4.99 Å².